The number of carbonyl (C=O) groups excluding carboxylic acids is 1. The Morgan fingerprint density at radius 2 is 2.42 bits per heavy atom. The molecule has 1 amide bonds. The van der Waals surface area contributed by atoms with Crippen LogP contribution in [0.4, 0.5) is 5.82 Å². The number of anilines is 1. The molecule has 8 heteroatoms. The molecule has 0 saturated carbocycles. The van der Waals surface area contributed by atoms with E-state index in [4.69, 9.17) is 10.3 Å². The van der Waals surface area contributed by atoms with Crippen LogP contribution in [0.3, 0.4) is 0 Å². The third-order valence-electron chi connectivity index (χ3n) is 2.45. The first-order valence-corrected chi connectivity index (χ1v) is 5.99. The van der Waals surface area contributed by atoms with Gasteiger partial charge in [-0.3, -0.25) is 9.48 Å². The van der Waals surface area contributed by atoms with Gasteiger partial charge in [0.05, 0.1) is 12.2 Å². The lowest BCUT2D eigenvalue weighted by atomic mass is 10.3. The van der Waals surface area contributed by atoms with Crippen LogP contribution in [0.25, 0.3) is 0 Å². The quantitative estimate of drug-likeness (QED) is 0.765. The summed E-state index contributed by atoms with van der Waals surface area (Å²) < 4.78 is 6.48. The van der Waals surface area contributed by atoms with E-state index in [1.807, 2.05) is 0 Å². The van der Waals surface area contributed by atoms with Gasteiger partial charge in [0.25, 0.3) is 0 Å². The minimum Gasteiger partial charge on any atom is -0.360 e. The van der Waals surface area contributed by atoms with Gasteiger partial charge < -0.3 is 15.6 Å². The van der Waals surface area contributed by atoms with E-state index < -0.39 is 0 Å². The van der Waals surface area contributed by atoms with E-state index >= 15 is 0 Å². The van der Waals surface area contributed by atoms with Crippen LogP contribution in [0.2, 0.25) is 0 Å². The highest BCUT2D eigenvalue weighted by molar-refractivity contribution is 5.89. The van der Waals surface area contributed by atoms with Crippen molar-refractivity contribution in [3.63, 3.8) is 0 Å². The van der Waals surface area contributed by atoms with E-state index in [1.165, 1.54) is 0 Å². The van der Waals surface area contributed by atoms with Crippen LogP contribution in [0, 0.1) is 6.92 Å². The predicted octanol–water partition coefficient (Wildman–Crippen LogP) is 0.105. The van der Waals surface area contributed by atoms with Gasteiger partial charge in [-0.15, -0.1) is 5.10 Å². The summed E-state index contributed by atoms with van der Waals surface area (Å²) in [7, 11) is 0. The van der Waals surface area contributed by atoms with Gasteiger partial charge in [0.15, 0.2) is 5.82 Å². The Bertz CT molecular complexity index is 547. The second-order valence-electron chi connectivity index (χ2n) is 4.13. The molecule has 0 aliphatic rings. The fourth-order valence-electron chi connectivity index (χ4n) is 1.56. The zero-order valence-corrected chi connectivity index (χ0v) is 10.7. The Morgan fingerprint density at radius 1 is 1.58 bits per heavy atom. The van der Waals surface area contributed by atoms with Gasteiger partial charge in [0.1, 0.15) is 5.76 Å². The van der Waals surface area contributed by atoms with Gasteiger partial charge in [-0.25, -0.2) is 0 Å². The Kier molecular flexibility index (Phi) is 4.24. The van der Waals surface area contributed by atoms with Gasteiger partial charge in [0.2, 0.25) is 5.91 Å². The molecule has 0 aliphatic carbocycles. The summed E-state index contributed by atoms with van der Waals surface area (Å²) in [6, 6.07) is 1.66. The molecule has 0 unspecified atom stereocenters. The van der Waals surface area contributed by atoms with Crippen molar-refractivity contribution in [3.8, 4) is 0 Å². The van der Waals surface area contributed by atoms with Gasteiger partial charge in [-0.05, 0) is 13.5 Å². The SMILES string of the molecule is Cc1cc(NC(=O)CCn2cc(CCN)nn2)no1. The van der Waals surface area contributed by atoms with Crippen molar-refractivity contribution in [3.05, 3.63) is 23.7 Å². The Balaban J connectivity index is 1.79. The van der Waals surface area contributed by atoms with Gasteiger partial charge >= 0.3 is 0 Å². The standard InChI is InChI=1S/C11H16N6O2/c1-8-6-10(15-19-8)13-11(18)3-5-17-7-9(2-4-12)14-16-17/h6-7H,2-5,12H2,1H3,(H,13,15,18). The van der Waals surface area contributed by atoms with Crippen LogP contribution >= 0.6 is 0 Å². The van der Waals surface area contributed by atoms with Gasteiger partial charge in [0, 0.05) is 25.1 Å². The van der Waals surface area contributed by atoms with Crippen molar-refractivity contribution in [2.75, 3.05) is 11.9 Å². The summed E-state index contributed by atoms with van der Waals surface area (Å²) in [6.07, 6.45) is 2.77. The van der Waals surface area contributed by atoms with Gasteiger partial charge in [-0.2, -0.15) is 0 Å². The highest BCUT2D eigenvalue weighted by Crippen LogP contribution is 2.07. The first kappa shape index (κ1) is 13.2. The Morgan fingerprint density at radius 3 is 3.11 bits per heavy atom. The predicted molar refractivity (Wildman–Crippen MR) is 67.3 cm³/mol. The van der Waals surface area contributed by atoms with E-state index in [2.05, 4.69) is 20.8 Å². The molecule has 0 bridgehead atoms. The molecule has 102 valence electrons. The fourth-order valence-corrected chi connectivity index (χ4v) is 1.56. The summed E-state index contributed by atoms with van der Waals surface area (Å²) in [5, 5.41) is 14.2. The monoisotopic (exact) mass is 264 g/mol. The molecule has 2 rings (SSSR count). The number of nitrogens with two attached hydrogens (primary N) is 1. The number of hydrogen-bond acceptors (Lipinski definition) is 6. The van der Waals surface area contributed by atoms with Crippen molar-refractivity contribution in [2.45, 2.75) is 26.3 Å². The van der Waals surface area contributed by atoms with E-state index in [1.54, 1.807) is 23.9 Å². The van der Waals surface area contributed by atoms with Crippen LogP contribution in [0.15, 0.2) is 16.8 Å². The molecule has 0 saturated heterocycles. The minimum atomic E-state index is -0.149. The maximum atomic E-state index is 11.7. The van der Waals surface area contributed by atoms with Crippen LogP contribution in [0.1, 0.15) is 17.9 Å². The molecule has 8 nitrogen and oxygen atoms in total. The smallest absolute Gasteiger partial charge is 0.227 e. The second-order valence-corrected chi connectivity index (χ2v) is 4.13. The first-order chi connectivity index (χ1) is 9.17. The normalized spacial score (nSPS) is 10.6. The highest BCUT2D eigenvalue weighted by Gasteiger charge is 2.07. The summed E-state index contributed by atoms with van der Waals surface area (Å²) in [6.45, 7) is 2.75. The van der Waals surface area contributed by atoms with Crippen molar-refractivity contribution in [2.24, 2.45) is 5.73 Å². The molecule has 0 atom stereocenters. The van der Waals surface area contributed by atoms with E-state index in [0.717, 1.165) is 5.69 Å². The summed E-state index contributed by atoms with van der Waals surface area (Å²) in [5.74, 6) is 0.923. The molecule has 2 aromatic heterocycles. The summed E-state index contributed by atoms with van der Waals surface area (Å²) in [4.78, 5) is 11.7. The molecule has 0 aliphatic heterocycles. The van der Waals surface area contributed by atoms with Crippen molar-refractivity contribution < 1.29 is 9.32 Å². The maximum Gasteiger partial charge on any atom is 0.227 e. The lowest BCUT2D eigenvalue weighted by Crippen LogP contribution is -2.15. The van der Waals surface area contributed by atoms with Crippen molar-refractivity contribution >= 4 is 11.7 Å². The number of rotatable bonds is 6. The number of hydrogen-bond donors (Lipinski definition) is 2. The topological polar surface area (TPSA) is 112 Å². The molecule has 2 aromatic rings. The van der Waals surface area contributed by atoms with E-state index in [0.29, 0.717) is 31.1 Å². The number of nitrogens with zero attached hydrogens (tertiary/aromatic N) is 4. The number of amides is 1. The van der Waals surface area contributed by atoms with Crippen molar-refractivity contribution in [1.82, 2.24) is 20.2 Å². The number of aromatic nitrogens is 4. The minimum absolute atomic E-state index is 0.149. The number of nitrogens with one attached hydrogen (secondary N) is 1. The molecule has 2 heterocycles. The highest BCUT2D eigenvalue weighted by atomic mass is 16.5. The molecular formula is C11H16N6O2. The molecule has 0 spiro atoms. The van der Waals surface area contributed by atoms with Gasteiger partial charge in [-0.1, -0.05) is 10.4 Å². The number of aryl methyl sites for hydroxylation is 2. The second kappa shape index (κ2) is 6.10. The zero-order valence-electron chi connectivity index (χ0n) is 10.7. The van der Waals surface area contributed by atoms with Crippen LogP contribution in [-0.2, 0) is 17.8 Å². The van der Waals surface area contributed by atoms with Crippen LogP contribution in [0.5, 0.6) is 0 Å². The third-order valence-corrected chi connectivity index (χ3v) is 2.45. The third kappa shape index (κ3) is 3.88. The Hall–Kier alpha value is -2.22. The van der Waals surface area contributed by atoms with Crippen LogP contribution < -0.4 is 11.1 Å². The average molecular weight is 264 g/mol. The Labute approximate surface area is 109 Å². The molecule has 0 radical (unpaired) electrons. The average Bonchev–Trinajstić information content (AvgIpc) is 2.97. The maximum absolute atomic E-state index is 11.7. The largest absolute Gasteiger partial charge is 0.360 e. The molecule has 19 heavy (non-hydrogen) atoms. The molecule has 3 N–H and O–H groups in total. The molecule has 0 aromatic carbocycles. The van der Waals surface area contributed by atoms with Crippen molar-refractivity contribution in [1.29, 1.82) is 0 Å². The van der Waals surface area contributed by atoms with E-state index in [9.17, 15) is 4.79 Å². The number of carbonyl (C=O) groups is 1. The first-order valence-electron chi connectivity index (χ1n) is 5.99. The lowest BCUT2D eigenvalue weighted by molar-refractivity contribution is -0.116. The van der Waals surface area contributed by atoms with Crippen LogP contribution in [-0.4, -0.2) is 32.6 Å². The fraction of sp³-hybridized carbons (Fsp3) is 0.455. The summed E-state index contributed by atoms with van der Waals surface area (Å²) >= 11 is 0. The molecular weight excluding hydrogens is 248 g/mol. The summed E-state index contributed by atoms with van der Waals surface area (Å²) in [5.41, 5.74) is 6.25. The van der Waals surface area contributed by atoms with E-state index in [-0.39, 0.29) is 12.3 Å². The zero-order chi connectivity index (χ0) is 13.7. The lowest BCUT2D eigenvalue weighted by Gasteiger charge is -2.00. The molecule has 0 fully saturated rings.